The monoisotopic (exact) mass is 228 g/mol. The largest absolute Gasteiger partial charge is 0.469 e. The predicted molar refractivity (Wildman–Crippen MR) is 44.3 cm³/mol. The maximum Gasteiger partial charge on any atom is 0.469 e. The van der Waals surface area contributed by atoms with Crippen LogP contribution in [-0.2, 0) is 13.8 Å². The maximum atomic E-state index is 10.3. The van der Waals surface area contributed by atoms with Gasteiger partial charge in [0, 0.05) is 0 Å². The topological polar surface area (TPSA) is 116 Å². The van der Waals surface area contributed by atoms with Gasteiger partial charge in [-0.3, -0.25) is 4.52 Å². The van der Waals surface area contributed by atoms with Gasteiger partial charge in [0.1, 0.15) is 18.3 Å². The number of aliphatic hydroxyl groups excluding tert-OH is 2. The van der Waals surface area contributed by atoms with Crippen LogP contribution in [0.1, 0.15) is 6.92 Å². The van der Waals surface area contributed by atoms with Crippen molar-refractivity contribution in [1.29, 1.82) is 0 Å². The lowest BCUT2D eigenvalue weighted by molar-refractivity contribution is -0.0169. The van der Waals surface area contributed by atoms with Crippen LogP contribution in [0.3, 0.4) is 0 Å². The summed E-state index contributed by atoms with van der Waals surface area (Å²) in [4.78, 5) is 16.8. The third-order valence-corrected chi connectivity index (χ3v) is 2.49. The molecule has 1 aliphatic rings. The molecule has 0 aromatic rings. The Bertz CT molecular complexity index is 238. The number of phosphoric ester groups is 1. The first-order valence-corrected chi connectivity index (χ1v) is 5.56. The van der Waals surface area contributed by atoms with E-state index in [1.54, 1.807) is 6.92 Å². The molecule has 0 aliphatic carbocycles. The van der Waals surface area contributed by atoms with E-state index in [1.807, 2.05) is 0 Å². The van der Waals surface area contributed by atoms with Crippen LogP contribution in [0.15, 0.2) is 0 Å². The summed E-state index contributed by atoms with van der Waals surface area (Å²) in [6.45, 7) is 1.10. The Kier molecular flexibility index (Phi) is 3.65. The van der Waals surface area contributed by atoms with Crippen molar-refractivity contribution in [1.82, 2.24) is 0 Å². The molecule has 4 atom stereocenters. The molecule has 4 N–H and O–H groups in total. The normalized spacial score (nSPS) is 38.9. The Morgan fingerprint density at radius 2 is 1.93 bits per heavy atom. The number of hydrogen-bond acceptors (Lipinski definition) is 5. The molecule has 1 aliphatic heterocycles. The Balaban J connectivity index is 2.44. The van der Waals surface area contributed by atoms with E-state index >= 15 is 0 Å². The van der Waals surface area contributed by atoms with Gasteiger partial charge in [-0.15, -0.1) is 0 Å². The smallest absolute Gasteiger partial charge is 0.388 e. The molecule has 84 valence electrons. The Hall–Kier alpha value is -0.0100. The second-order valence-electron chi connectivity index (χ2n) is 3.15. The molecule has 0 bridgehead atoms. The summed E-state index contributed by atoms with van der Waals surface area (Å²) in [5.41, 5.74) is 0. The molecule has 0 spiro atoms. The van der Waals surface area contributed by atoms with Crippen molar-refractivity contribution in [2.24, 2.45) is 0 Å². The molecule has 0 aromatic carbocycles. The van der Waals surface area contributed by atoms with Gasteiger partial charge in [-0.25, -0.2) is 4.57 Å². The summed E-state index contributed by atoms with van der Waals surface area (Å²) in [5, 5.41) is 18.6. The van der Waals surface area contributed by atoms with Crippen molar-refractivity contribution in [3.63, 3.8) is 0 Å². The highest BCUT2D eigenvalue weighted by Gasteiger charge is 2.41. The minimum absolute atomic E-state index is 0.452. The van der Waals surface area contributed by atoms with Crippen molar-refractivity contribution >= 4 is 7.82 Å². The van der Waals surface area contributed by atoms with E-state index in [9.17, 15) is 14.8 Å². The van der Waals surface area contributed by atoms with Crippen LogP contribution in [0.2, 0.25) is 0 Å². The number of phosphoric acid groups is 1. The van der Waals surface area contributed by atoms with Gasteiger partial charge in [0.2, 0.25) is 0 Å². The third kappa shape index (κ3) is 2.99. The zero-order chi connectivity index (χ0) is 10.9. The molecule has 1 rings (SSSR count). The van der Waals surface area contributed by atoms with Crippen LogP contribution in [0.25, 0.3) is 0 Å². The van der Waals surface area contributed by atoms with E-state index < -0.39 is 38.8 Å². The minimum Gasteiger partial charge on any atom is -0.388 e. The zero-order valence-electron chi connectivity index (χ0n) is 7.48. The number of ether oxygens (including phenoxy) is 1. The van der Waals surface area contributed by atoms with Crippen LogP contribution >= 0.6 is 7.82 Å². The molecular weight excluding hydrogens is 215 g/mol. The first kappa shape index (κ1) is 12.1. The van der Waals surface area contributed by atoms with Gasteiger partial charge in [-0.2, -0.15) is 0 Å². The van der Waals surface area contributed by atoms with Gasteiger partial charge in [-0.1, -0.05) is 0 Å². The average molecular weight is 228 g/mol. The van der Waals surface area contributed by atoms with E-state index in [1.165, 1.54) is 0 Å². The fraction of sp³-hybridized carbons (Fsp3) is 1.00. The van der Waals surface area contributed by atoms with Crippen molar-refractivity contribution in [3.8, 4) is 0 Å². The zero-order valence-corrected chi connectivity index (χ0v) is 8.37. The van der Waals surface area contributed by atoms with E-state index in [0.717, 1.165) is 0 Å². The Labute approximate surface area is 80.5 Å². The second-order valence-corrected chi connectivity index (χ2v) is 4.39. The molecule has 0 unspecified atom stereocenters. The van der Waals surface area contributed by atoms with Gasteiger partial charge in [0.25, 0.3) is 0 Å². The molecule has 1 fully saturated rings. The molecule has 1 saturated heterocycles. The summed E-state index contributed by atoms with van der Waals surface area (Å²) in [6, 6.07) is 0. The highest BCUT2D eigenvalue weighted by atomic mass is 31.2. The molecule has 0 saturated carbocycles. The SMILES string of the molecule is C[C@@H]1O[C@H](COP(=O)(O)O)[C@@H](O)[C@H]1O. The fourth-order valence-corrected chi connectivity index (χ4v) is 1.58. The van der Waals surface area contributed by atoms with Gasteiger partial charge in [0.05, 0.1) is 12.7 Å². The quantitative estimate of drug-likeness (QED) is 0.439. The van der Waals surface area contributed by atoms with Crippen LogP contribution in [0.4, 0.5) is 0 Å². The first-order chi connectivity index (χ1) is 6.31. The predicted octanol–water partition coefficient (Wildman–Crippen LogP) is -1.40. The molecule has 7 nitrogen and oxygen atoms in total. The number of rotatable bonds is 3. The third-order valence-electron chi connectivity index (χ3n) is 2.01. The van der Waals surface area contributed by atoms with Gasteiger partial charge in [0.15, 0.2) is 0 Å². The van der Waals surface area contributed by atoms with E-state index in [0.29, 0.717) is 0 Å². The highest BCUT2D eigenvalue weighted by molar-refractivity contribution is 7.46. The van der Waals surface area contributed by atoms with Gasteiger partial charge >= 0.3 is 7.82 Å². The lowest BCUT2D eigenvalue weighted by atomic mass is 10.1. The van der Waals surface area contributed by atoms with Crippen molar-refractivity contribution in [2.45, 2.75) is 31.3 Å². The van der Waals surface area contributed by atoms with Gasteiger partial charge in [-0.05, 0) is 6.92 Å². The van der Waals surface area contributed by atoms with E-state index in [-0.39, 0.29) is 0 Å². The lowest BCUT2D eigenvalue weighted by Crippen LogP contribution is -2.33. The highest BCUT2D eigenvalue weighted by Crippen LogP contribution is 2.37. The summed E-state index contributed by atoms with van der Waals surface area (Å²) in [5.74, 6) is 0. The maximum absolute atomic E-state index is 10.3. The molecule has 0 amide bonds. The van der Waals surface area contributed by atoms with Crippen LogP contribution in [-0.4, -0.2) is 51.0 Å². The summed E-state index contributed by atoms with van der Waals surface area (Å²) in [7, 11) is -4.56. The van der Waals surface area contributed by atoms with E-state index in [2.05, 4.69) is 4.52 Å². The summed E-state index contributed by atoms with van der Waals surface area (Å²) in [6.07, 6.45) is -3.72. The van der Waals surface area contributed by atoms with Crippen LogP contribution < -0.4 is 0 Å². The van der Waals surface area contributed by atoms with Crippen molar-refractivity contribution in [3.05, 3.63) is 0 Å². The van der Waals surface area contributed by atoms with Crippen LogP contribution in [0, 0.1) is 0 Å². The Morgan fingerprint density at radius 3 is 2.29 bits per heavy atom. The second kappa shape index (κ2) is 4.24. The number of hydrogen-bond donors (Lipinski definition) is 4. The fourth-order valence-electron chi connectivity index (χ4n) is 1.24. The summed E-state index contributed by atoms with van der Waals surface area (Å²) >= 11 is 0. The van der Waals surface area contributed by atoms with Gasteiger partial charge < -0.3 is 24.7 Å². The molecule has 0 radical (unpaired) electrons. The van der Waals surface area contributed by atoms with E-state index in [4.69, 9.17) is 14.5 Å². The molecule has 0 aromatic heterocycles. The summed E-state index contributed by atoms with van der Waals surface area (Å²) < 4.78 is 19.5. The standard InChI is InChI=1S/C6H13O7P/c1-3-5(7)6(8)4(13-3)2-12-14(9,10)11/h3-8H,2H2,1H3,(H2,9,10,11)/t3-,4+,5-,6+/m0/s1. The van der Waals surface area contributed by atoms with Crippen molar-refractivity contribution in [2.75, 3.05) is 6.61 Å². The number of aliphatic hydroxyl groups is 2. The lowest BCUT2D eigenvalue weighted by Gasteiger charge is -2.14. The minimum atomic E-state index is -4.56. The molecule has 1 heterocycles. The first-order valence-electron chi connectivity index (χ1n) is 4.03. The molecule has 8 heteroatoms. The Morgan fingerprint density at radius 1 is 1.36 bits per heavy atom. The molecule has 14 heavy (non-hydrogen) atoms. The van der Waals surface area contributed by atoms with Crippen molar-refractivity contribution < 1.29 is 33.8 Å². The van der Waals surface area contributed by atoms with Crippen LogP contribution in [0.5, 0.6) is 0 Å². The average Bonchev–Trinajstić information content (AvgIpc) is 2.28. The molecular formula is C6H13O7P.